The topological polar surface area (TPSA) is 49.8 Å². The lowest BCUT2D eigenvalue weighted by Crippen LogP contribution is -2.06. The van der Waals surface area contributed by atoms with Crippen LogP contribution in [0.4, 0.5) is 21.8 Å². The molecule has 24 heavy (non-hydrogen) atoms. The van der Waals surface area contributed by atoms with E-state index in [1.54, 1.807) is 24.3 Å². The molecule has 2 N–H and O–H groups in total. The molecular formula is C19H19FN4. The molecule has 2 aromatic carbocycles. The molecule has 0 spiro atoms. The molecule has 0 atom stereocenters. The molecule has 0 fully saturated rings. The second-order valence-electron chi connectivity index (χ2n) is 5.67. The summed E-state index contributed by atoms with van der Waals surface area (Å²) >= 11 is 0. The number of nitrogens with zero attached hydrogens (tertiary/aromatic N) is 2. The molecule has 0 amide bonds. The Morgan fingerprint density at radius 1 is 0.958 bits per heavy atom. The van der Waals surface area contributed by atoms with Crippen LogP contribution in [-0.2, 0) is 6.54 Å². The van der Waals surface area contributed by atoms with E-state index in [0.29, 0.717) is 24.0 Å². The summed E-state index contributed by atoms with van der Waals surface area (Å²) in [6.07, 6.45) is 0. The molecule has 0 bridgehead atoms. The van der Waals surface area contributed by atoms with E-state index in [0.717, 1.165) is 11.3 Å². The van der Waals surface area contributed by atoms with Gasteiger partial charge in [-0.25, -0.2) is 9.37 Å². The van der Waals surface area contributed by atoms with Crippen molar-refractivity contribution in [3.8, 4) is 0 Å². The summed E-state index contributed by atoms with van der Waals surface area (Å²) in [6, 6.07) is 16.5. The van der Waals surface area contributed by atoms with Gasteiger partial charge in [-0.05, 0) is 31.5 Å². The average molecular weight is 322 g/mol. The summed E-state index contributed by atoms with van der Waals surface area (Å²) in [5.41, 5.74) is 3.56. The molecule has 0 unspecified atom stereocenters. The third kappa shape index (κ3) is 4.07. The lowest BCUT2D eigenvalue weighted by molar-refractivity contribution is 0.632. The van der Waals surface area contributed by atoms with Crippen LogP contribution >= 0.6 is 0 Å². The van der Waals surface area contributed by atoms with E-state index >= 15 is 0 Å². The Kier molecular flexibility index (Phi) is 4.70. The van der Waals surface area contributed by atoms with Crippen LogP contribution < -0.4 is 10.6 Å². The number of hydrogen-bond donors (Lipinski definition) is 2. The Hall–Kier alpha value is -2.95. The molecule has 0 aliphatic carbocycles. The maximum absolute atomic E-state index is 13.8. The van der Waals surface area contributed by atoms with Gasteiger partial charge in [0.25, 0.3) is 0 Å². The number of aryl methyl sites for hydroxylation is 2. The van der Waals surface area contributed by atoms with E-state index in [4.69, 9.17) is 0 Å². The minimum Gasteiger partial charge on any atom is -0.350 e. The van der Waals surface area contributed by atoms with Crippen LogP contribution in [0, 0.1) is 19.7 Å². The number of halogens is 1. The van der Waals surface area contributed by atoms with Gasteiger partial charge >= 0.3 is 0 Å². The van der Waals surface area contributed by atoms with Crippen LogP contribution in [0.3, 0.4) is 0 Å². The van der Waals surface area contributed by atoms with E-state index in [1.165, 1.54) is 11.6 Å². The summed E-state index contributed by atoms with van der Waals surface area (Å²) < 4.78 is 13.8. The predicted molar refractivity (Wildman–Crippen MR) is 95.0 cm³/mol. The third-order valence-corrected chi connectivity index (χ3v) is 3.52. The molecule has 0 aliphatic heterocycles. The standard InChI is InChI=1S/C19H19FN4/c1-13-6-5-7-15(10-13)12-21-19-22-14(2)11-18(24-19)23-17-9-4-3-8-16(17)20/h3-11H,12H2,1-2H3,(H2,21,22,23,24). The number of para-hydroxylation sites is 1. The maximum Gasteiger partial charge on any atom is 0.225 e. The van der Waals surface area contributed by atoms with Gasteiger partial charge in [0.15, 0.2) is 0 Å². The quantitative estimate of drug-likeness (QED) is 0.721. The Morgan fingerprint density at radius 2 is 1.79 bits per heavy atom. The van der Waals surface area contributed by atoms with Crippen LogP contribution in [0.15, 0.2) is 54.6 Å². The number of rotatable bonds is 5. The molecule has 5 heteroatoms. The maximum atomic E-state index is 13.8. The number of aromatic nitrogens is 2. The molecule has 1 heterocycles. The second kappa shape index (κ2) is 7.08. The number of anilines is 3. The van der Waals surface area contributed by atoms with Crippen molar-refractivity contribution in [1.29, 1.82) is 0 Å². The van der Waals surface area contributed by atoms with Crippen molar-refractivity contribution >= 4 is 17.5 Å². The molecule has 1 aromatic heterocycles. The first kappa shape index (κ1) is 15.9. The van der Waals surface area contributed by atoms with Gasteiger partial charge in [0.05, 0.1) is 5.69 Å². The Morgan fingerprint density at radius 3 is 2.58 bits per heavy atom. The predicted octanol–water partition coefficient (Wildman–Crippen LogP) is 4.59. The van der Waals surface area contributed by atoms with Crippen LogP contribution in [0.25, 0.3) is 0 Å². The monoisotopic (exact) mass is 322 g/mol. The normalized spacial score (nSPS) is 10.5. The fraction of sp³-hybridized carbons (Fsp3) is 0.158. The van der Waals surface area contributed by atoms with Crippen molar-refractivity contribution in [1.82, 2.24) is 9.97 Å². The van der Waals surface area contributed by atoms with Crippen molar-refractivity contribution in [2.24, 2.45) is 0 Å². The summed E-state index contributed by atoms with van der Waals surface area (Å²) in [5.74, 6) is 0.748. The van der Waals surface area contributed by atoms with E-state index in [1.807, 2.05) is 19.1 Å². The minimum absolute atomic E-state index is 0.317. The van der Waals surface area contributed by atoms with Gasteiger partial charge < -0.3 is 10.6 Å². The molecule has 4 nitrogen and oxygen atoms in total. The first-order chi connectivity index (χ1) is 11.6. The van der Waals surface area contributed by atoms with E-state index in [9.17, 15) is 4.39 Å². The van der Waals surface area contributed by atoms with Crippen LogP contribution in [0.5, 0.6) is 0 Å². The largest absolute Gasteiger partial charge is 0.350 e. The van der Waals surface area contributed by atoms with Gasteiger partial charge in [0, 0.05) is 18.3 Å². The third-order valence-electron chi connectivity index (χ3n) is 3.52. The van der Waals surface area contributed by atoms with Crippen LogP contribution in [0.2, 0.25) is 0 Å². The molecule has 3 rings (SSSR count). The van der Waals surface area contributed by atoms with E-state index in [-0.39, 0.29) is 5.82 Å². The molecule has 0 saturated carbocycles. The number of nitrogens with one attached hydrogen (secondary N) is 2. The highest BCUT2D eigenvalue weighted by atomic mass is 19.1. The highest BCUT2D eigenvalue weighted by molar-refractivity contribution is 5.58. The smallest absolute Gasteiger partial charge is 0.225 e. The summed E-state index contributed by atoms with van der Waals surface area (Å²) in [6.45, 7) is 4.57. The fourth-order valence-corrected chi connectivity index (χ4v) is 2.42. The van der Waals surface area contributed by atoms with Crippen LogP contribution in [-0.4, -0.2) is 9.97 Å². The SMILES string of the molecule is Cc1cccc(CNc2nc(C)cc(Nc3ccccc3F)n2)c1. The van der Waals surface area contributed by atoms with Gasteiger partial charge in [-0.15, -0.1) is 0 Å². The number of hydrogen-bond acceptors (Lipinski definition) is 4. The zero-order valence-electron chi connectivity index (χ0n) is 13.7. The number of benzene rings is 2. The summed E-state index contributed by atoms with van der Waals surface area (Å²) in [5, 5.41) is 6.21. The van der Waals surface area contributed by atoms with Crippen LogP contribution in [0.1, 0.15) is 16.8 Å². The average Bonchev–Trinajstić information content (AvgIpc) is 2.55. The fourth-order valence-electron chi connectivity index (χ4n) is 2.42. The Balaban J connectivity index is 1.75. The molecule has 3 aromatic rings. The highest BCUT2D eigenvalue weighted by Crippen LogP contribution is 2.19. The van der Waals surface area contributed by atoms with Crippen molar-refractivity contribution in [2.75, 3.05) is 10.6 Å². The molecule has 0 aliphatic rings. The molecule has 122 valence electrons. The molecule has 0 radical (unpaired) electrons. The lowest BCUT2D eigenvalue weighted by atomic mass is 10.1. The van der Waals surface area contributed by atoms with E-state index in [2.05, 4.69) is 39.7 Å². The summed E-state index contributed by atoms with van der Waals surface area (Å²) in [7, 11) is 0. The zero-order chi connectivity index (χ0) is 16.9. The van der Waals surface area contributed by atoms with Crippen molar-refractivity contribution in [3.05, 3.63) is 77.2 Å². The van der Waals surface area contributed by atoms with Crippen molar-refractivity contribution in [3.63, 3.8) is 0 Å². The van der Waals surface area contributed by atoms with Crippen molar-refractivity contribution < 1.29 is 4.39 Å². The zero-order valence-corrected chi connectivity index (χ0v) is 13.7. The summed E-state index contributed by atoms with van der Waals surface area (Å²) in [4.78, 5) is 8.79. The molecule has 0 saturated heterocycles. The van der Waals surface area contributed by atoms with Crippen molar-refractivity contribution in [2.45, 2.75) is 20.4 Å². The van der Waals surface area contributed by atoms with Gasteiger partial charge in [-0.3, -0.25) is 0 Å². The van der Waals surface area contributed by atoms with Gasteiger partial charge in [-0.2, -0.15) is 4.98 Å². The Bertz CT molecular complexity index is 848. The Labute approximate surface area is 140 Å². The highest BCUT2D eigenvalue weighted by Gasteiger charge is 2.06. The van der Waals surface area contributed by atoms with Gasteiger partial charge in [-0.1, -0.05) is 42.0 Å². The first-order valence-corrected chi connectivity index (χ1v) is 7.77. The van der Waals surface area contributed by atoms with Gasteiger partial charge in [0.2, 0.25) is 5.95 Å². The minimum atomic E-state index is -0.317. The second-order valence-corrected chi connectivity index (χ2v) is 5.67. The lowest BCUT2D eigenvalue weighted by Gasteiger charge is -2.11. The molecular weight excluding hydrogens is 303 g/mol. The van der Waals surface area contributed by atoms with E-state index < -0.39 is 0 Å². The van der Waals surface area contributed by atoms with Gasteiger partial charge in [0.1, 0.15) is 11.6 Å². The first-order valence-electron chi connectivity index (χ1n) is 7.77.